The first-order valence-corrected chi connectivity index (χ1v) is 5.17. The molecule has 0 saturated carbocycles. The van der Waals surface area contributed by atoms with E-state index in [0.29, 0.717) is 11.1 Å². The van der Waals surface area contributed by atoms with Crippen molar-refractivity contribution in [3.8, 4) is 0 Å². The molecule has 1 amide bonds. The summed E-state index contributed by atoms with van der Waals surface area (Å²) >= 11 is 0. The van der Waals surface area contributed by atoms with Crippen LogP contribution < -0.4 is 0 Å². The minimum absolute atomic E-state index is 0.112. The highest BCUT2D eigenvalue weighted by Crippen LogP contribution is 2.35. The maximum absolute atomic E-state index is 12.0. The third-order valence-electron chi connectivity index (χ3n) is 3.14. The molecule has 1 heterocycles. The minimum Gasteiger partial charge on any atom is -0.369 e. The number of benzene rings is 2. The van der Waals surface area contributed by atoms with Gasteiger partial charge in [-0.1, -0.05) is 36.4 Å². The lowest BCUT2D eigenvalue weighted by molar-refractivity contribution is 0.0302. The minimum atomic E-state index is -0.813. The number of hydrogen-bond donors (Lipinski definition) is 1. The lowest BCUT2D eigenvalue weighted by Crippen LogP contribution is -2.22. The molecule has 1 unspecified atom stereocenters. The Kier molecular flexibility index (Phi) is 1.79. The van der Waals surface area contributed by atoms with Crippen LogP contribution in [-0.4, -0.2) is 23.0 Å². The summed E-state index contributed by atoms with van der Waals surface area (Å²) in [5.41, 5.74) is 1.33. The maximum atomic E-state index is 12.0. The lowest BCUT2D eigenvalue weighted by Gasteiger charge is -2.13. The Balaban J connectivity index is 2.41. The van der Waals surface area contributed by atoms with Crippen LogP contribution in [-0.2, 0) is 0 Å². The summed E-state index contributed by atoms with van der Waals surface area (Å²) in [5.74, 6) is -0.112. The molecule has 80 valence electrons. The number of hydrogen-bond acceptors (Lipinski definition) is 2. The molecule has 0 fully saturated rings. The fourth-order valence-corrected chi connectivity index (χ4v) is 2.24. The van der Waals surface area contributed by atoms with Crippen molar-refractivity contribution in [1.29, 1.82) is 0 Å². The van der Waals surface area contributed by atoms with Crippen LogP contribution in [0.5, 0.6) is 0 Å². The summed E-state index contributed by atoms with van der Waals surface area (Å²) < 4.78 is 0. The van der Waals surface area contributed by atoms with E-state index in [4.69, 9.17) is 0 Å². The molecule has 1 atom stereocenters. The van der Waals surface area contributed by atoms with Crippen LogP contribution in [0, 0.1) is 0 Å². The number of carbonyl (C=O) groups is 1. The number of aliphatic hydroxyl groups excluding tert-OH is 1. The summed E-state index contributed by atoms with van der Waals surface area (Å²) in [6.07, 6.45) is -0.813. The first-order chi connectivity index (χ1) is 7.70. The Morgan fingerprint density at radius 2 is 1.94 bits per heavy atom. The normalized spacial score (nSPS) is 19.2. The number of fused-ring (bicyclic) bond motifs is 3. The van der Waals surface area contributed by atoms with E-state index in [1.54, 1.807) is 7.05 Å². The van der Waals surface area contributed by atoms with Gasteiger partial charge in [0.15, 0.2) is 6.23 Å². The highest BCUT2D eigenvalue weighted by Gasteiger charge is 2.33. The van der Waals surface area contributed by atoms with Gasteiger partial charge in [-0.15, -0.1) is 0 Å². The van der Waals surface area contributed by atoms with Gasteiger partial charge < -0.3 is 10.0 Å². The second-order valence-electron chi connectivity index (χ2n) is 4.04. The zero-order valence-electron chi connectivity index (χ0n) is 8.84. The Bertz CT molecular complexity index is 592. The van der Waals surface area contributed by atoms with Gasteiger partial charge in [0.25, 0.3) is 5.91 Å². The van der Waals surface area contributed by atoms with Crippen molar-refractivity contribution in [2.45, 2.75) is 6.23 Å². The van der Waals surface area contributed by atoms with E-state index in [1.807, 2.05) is 36.4 Å². The van der Waals surface area contributed by atoms with Gasteiger partial charge in [0.1, 0.15) is 0 Å². The second-order valence-corrected chi connectivity index (χ2v) is 4.04. The van der Waals surface area contributed by atoms with Crippen LogP contribution in [0.2, 0.25) is 0 Å². The molecule has 0 saturated heterocycles. The van der Waals surface area contributed by atoms with Gasteiger partial charge >= 0.3 is 0 Å². The zero-order chi connectivity index (χ0) is 11.3. The Labute approximate surface area is 92.9 Å². The van der Waals surface area contributed by atoms with Crippen LogP contribution >= 0.6 is 0 Å². The molecule has 0 bridgehead atoms. The SMILES string of the molecule is CN1C(=O)c2c(ccc3ccccc23)C1O. The van der Waals surface area contributed by atoms with Gasteiger partial charge in [0.2, 0.25) is 0 Å². The molecule has 0 aromatic heterocycles. The number of carbonyl (C=O) groups excluding carboxylic acids is 1. The molecule has 0 spiro atoms. The Morgan fingerprint density at radius 3 is 2.75 bits per heavy atom. The summed E-state index contributed by atoms with van der Waals surface area (Å²) in [5, 5.41) is 11.8. The molecule has 2 aromatic rings. The monoisotopic (exact) mass is 213 g/mol. The highest BCUT2D eigenvalue weighted by atomic mass is 16.3. The number of amides is 1. The lowest BCUT2D eigenvalue weighted by atomic mass is 10.0. The van der Waals surface area contributed by atoms with Crippen molar-refractivity contribution in [2.75, 3.05) is 7.05 Å². The van der Waals surface area contributed by atoms with Crippen LogP contribution in [0.4, 0.5) is 0 Å². The van der Waals surface area contributed by atoms with Crippen LogP contribution in [0.25, 0.3) is 10.8 Å². The largest absolute Gasteiger partial charge is 0.369 e. The zero-order valence-corrected chi connectivity index (χ0v) is 8.84. The van der Waals surface area contributed by atoms with Crippen molar-refractivity contribution in [2.24, 2.45) is 0 Å². The Hall–Kier alpha value is -1.87. The molecule has 0 aliphatic carbocycles. The summed E-state index contributed by atoms with van der Waals surface area (Å²) in [6, 6.07) is 11.5. The smallest absolute Gasteiger partial charge is 0.256 e. The van der Waals surface area contributed by atoms with Gasteiger partial charge in [-0.2, -0.15) is 0 Å². The molecule has 3 nitrogen and oxygen atoms in total. The summed E-state index contributed by atoms with van der Waals surface area (Å²) in [7, 11) is 1.61. The number of aliphatic hydroxyl groups is 1. The first-order valence-electron chi connectivity index (χ1n) is 5.17. The van der Waals surface area contributed by atoms with Gasteiger partial charge in [-0.05, 0) is 10.8 Å². The standard InChI is InChI=1S/C13H11NO2/c1-14-12(15)10-7-6-8-4-2-3-5-9(8)11(10)13(14)16/h2-7,12,15H,1H3. The van der Waals surface area contributed by atoms with Crippen molar-refractivity contribution < 1.29 is 9.90 Å². The van der Waals surface area contributed by atoms with Gasteiger partial charge in [0.05, 0.1) is 5.56 Å². The summed E-state index contributed by atoms with van der Waals surface area (Å²) in [4.78, 5) is 13.3. The maximum Gasteiger partial charge on any atom is 0.256 e. The molecular formula is C13H11NO2. The van der Waals surface area contributed by atoms with Gasteiger partial charge in [-0.3, -0.25) is 4.79 Å². The third kappa shape index (κ3) is 1.03. The van der Waals surface area contributed by atoms with Gasteiger partial charge in [-0.25, -0.2) is 0 Å². The molecule has 3 heteroatoms. The van der Waals surface area contributed by atoms with Crippen molar-refractivity contribution in [3.63, 3.8) is 0 Å². The van der Waals surface area contributed by atoms with Crippen LogP contribution in [0.15, 0.2) is 36.4 Å². The van der Waals surface area contributed by atoms with Crippen molar-refractivity contribution in [1.82, 2.24) is 4.90 Å². The number of rotatable bonds is 0. The fraction of sp³-hybridized carbons (Fsp3) is 0.154. The first kappa shape index (κ1) is 9.36. The Morgan fingerprint density at radius 1 is 1.19 bits per heavy atom. The molecule has 16 heavy (non-hydrogen) atoms. The molecule has 2 aromatic carbocycles. The van der Waals surface area contributed by atoms with E-state index in [0.717, 1.165) is 10.8 Å². The third-order valence-corrected chi connectivity index (χ3v) is 3.14. The fourth-order valence-electron chi connectivity index (χ4n) is 2.24. The highest BCUT2D eigenvalue weighted by molar-refractivity contribution is 6.10. The molecular weight excluding hydrogens is 202 g/mol. The summed E-state index contributed by atoms with van der Waals surface area (Å²) in [6.45, 7) is 0. The molecule has 1 aliphatic heterocycles. The van der Waals surface area contributed by atoms with E-state index < -0.39 is 6.23 Å². The van der Waals surface area contributed by atoms with Crippen LogP contribution in [0.3, 0.4) is 0 Å². The topological polar surface area (TPSA) is 40.5 Å². The van der Waals surface area contributed by atoms with E-state index >= 15 is 0 Å². The van der Waals surface area contributed by atoms with E-state index in [2.05, 4.69) is 0 Å². The number of nitrogens with zero attached hydrogens (tertiary/aromatic N) is 1. The van der Waals surface area contributed by atoms with Crippen molar-refractivity contribution in [3.05, 3.63) is 47.5 Å². The van der Waals surface area contributed by atoms with E-state index in [1.165, 1.54) is 4.90 Å². The molecule has 0 radical (unpaired) electrons. The van der Waals surface area contributed by atoms with E-state index in [9.17, 15) is 9.90 Å². The predicted octanol–water partition coefficient (Wildman–Crippen LogP) is 1.92. The van der Waals surface area contributed by atoms with Crippen LogP contribution in [0.1, 0.15) is 22.1 Å². The predicted molar refractivity (Wildman–Crippen MR) is 61.0 cm³/mol. The molecule has 1 N–H and O–H groups in total. The second kappa shape index (κ2) is 3.06. The quantitative estimate of drug-likeness (QED) is 0.726. The average molecular weight is 213 g/mol. The molecule has 1 aliphatic rings. The molecule has 3 rings (SSSR count). The average Bonchev–Trinajstić information content (AvgIpc) is 2.55. The van der Waals surface area contributed by atoms with Crippen molar-refractivity contribution >= 4 is 16.7 Å². The van der Waals surface area contributed by atoms with Gasteiger partial charge in [0, 0.05) is 12.6 Å². The van der Waals surface area contributed by atoms with E-state index in [-0.39, 0.29) is 5.91 Å².